The predicted octanol–water partition coefficient (Wildman–Crippen LogP) is 2.69. The number of amides is 1. The summed E-state index contributed by atoms with van der Waals surface area (Å²) in [5.41, 5.74) is 8.44. The van der Waals surface area contributed by atoms with Crippen LogP contribution < -0.4 is 10.5 Å². The molecule has 1 aliphatic rings. The van der Waals surface area contributed by atoms with Gasteiger partial charge in [-0.25, -0.2) is 9.37 Å². The van der Waals surface area contributed by atoms with E-state index in [9.17, 15) is 9.18 Å². The molecule has 0 bridgehead atoms. The zero-order chi connectivity index (χ0) is 22.1. The van der Waals surface area contributed by atoms with Crippen molar-refractivity contribution in [3.8, 4) is 11.5 Å². The molecule has 3 N–H and O–H groups in total. The number of nitrogens with two attached hydrogens (primary N) is 1. The molecule has 31 heavy (non-hydrogen) atoms. The Bertz CT molecular complexity index is 1090. The van der Waals surface area contributed by atoms with Crippen LogP contribution in [-0.2, 0) is 11.2 Å². The van der Waals surface area contributed by atoms with E-state index >= 15 is 0 Å². The number of aromatic amines is 1. The van der Waals surface area contributed by atoms with Crippen LogP contribution in [0.2, 0.25) is 0 Å². The number of rotatable bonds is 7. The molecular weight excluding hydrogens is 397 g/mol. The van der Waals surface area contributed by atoms with Crippen molar-refractivity contribution in [3.05, 3.63) is 53.6 Å². The fraction of sp³-hybridized carbons (Fsp3) is 0.391. The number of nitrogens with zero attached hydrogens (tertiary/aromatic N) is 3. The summed E-state index contributed by atoms with van der Waals surface area (Å²) < 4.78 is 20.6. The fourth-order valence-corrected chi connectivity index (χ4v) is 4.10. The third kappa shape index (κ3) is 4.55. The molecule has 1 amide bonds. The molecule has 0 radical (unpaired) electrons. The summed E-state index contributed by atoms with van der Waals surface area (Å²) in [4.78, 5) is 23.8. The SMILES string of the molecule is Cc1c[nH]c2nccc(Oc3ccc(C[C@H](N)C(=O)N4CC(CN(C)C)C4)cc3F)c12. The zero-order valence-electron chi connectivity index (χ0n) is 18.1. The predicted molar refractivity (Wildman–Crippen MR) is 118 cm³/mol. The highest BCUT2D eigenvalue weighted by Crippen LogP contribution is 2.32. The third-order valence-electron chi connectivity index (χ3n) is 5.61. The number of H-pyrrole nitrogens is 1. The number of benzene rings is 1. The molecule has 8 heteroatoms. The molecule has 7 nitrogen and oxygen atoms in total. The standard InChI is InChI=1S/C23H28FN5O2/c1-14-10-27-22-21(14)20(6-7-26-22)31-19-5-4-15(8-17(19)24)9-18(25)23(30)29-12-16(13-29)11-28(2)3/h4-8,10,16,18H,9,11-13,25H2,1-3H3,(H,26,27)/t18-/m0/s1. The Balaban J connectivity index is 1.40. The Morgan fingerprint density at radius 1 is 1.35 bits per heavy atom. The van der Waals surface area contributed by atoms with Crippen molar-refractivity contribution >= 4 is 16.9 Å². The smallest absolute Gasteiger partial charge is 0.239 e. The average molecular weight is 426 g/mol. The molecule has 1 atom stereocenters. The fourth-order valence-electron chi connectivity index (χ4n) is 4.10. The van der Waals surface area contributed by atoms with Crippen LogP contribution in [0.15, 0.2) is 36.7 Å². The molecule has 0 unspecified atom stereocenters. The van der Waals surface area contributed by atoms with E-state index in [4.69, 9.17) is 10.5 Å². The maximum atomic E-state index is 14.7. The average Bonchev–Trinajstić information content (AvgIpc) is 3.08. The highest BCUT2D eigenvalue weighted by atomic mass is 19.1. The normalized spacial score (nSPS) is 15.4. The summed E-state index contributed by atoms with van der Waals surface area (Å²) in [5.74, 6) is 0.560. The van der Waals surface area contributed by atoms with Gasteiger partial charge in [-0.05, 0) is 56.8 Å². The van der Waals surface area contributed by atoms with Crippen molar-refractivity contribution in [2.24, 2.45) is 11.7 Å². The molecule has 1 aromatic carbocycles. The van der Waals surface area contributed by atoms with E-state index in [0.717, 1.165) is 30.6 Å². The van der Waals surface area contributed by atoms with Crippen molar-refractivity contribution in [3.63, 3.8) is 0 Å². The van der Waals surface area contributed by atoms with Crippen LogP contribution in [-0.4, -0.2) is 65.4 Å². The Hall–Kier alpha value is -2.97. The van der Waals surface area contributed by atoms with Crippen molar-refractivity contribution in [1.29, 1.82) is 0 Å². The van der Waals surface area contributed by atoms with Crippen LogP contribution in [0, 0.1) is 18.7 Å². The molecule has 1 saturated heterocycles. The van der Waals surface area contributed by atoms with Gasteiger partial charge in [0.2, 0.25) is 5.91 Å². The quantitative estimate of drug-likeness (QED) is 0.608. The van der Waals surface area contributed by atoms with E-state index in [1.807, 2.05) is 27.2 Å². The zero-order valence-corrected chi connectivity index (χ0v) is 18.1. The van der Waals surface area contributed by atoms with Crippen LogP contribution in [0.1, 0.15) is 11.1 Å². The summed E-state index contributed by atoms with van der Waals surface area (Å²) >= 11 is 0. The summed E-state index contributed by atoms with van der Waals surface area (Å²) in [6.07, 6.45) is 3.73. The number of carbonyl (C=O) groups excluding carboxylic acids is 1. The van der Waals surface area contributed by atoms with Crippen molar-refractivity contribution in [2.75, 3.05) is 33.7 Å². The van der Waals surface area contributed by atoms with Crippen molar-refractivity contribution < 1.29 is 13.9 Å². The van der Waals surface area contributed by atoms with E-state index in [2.05, 4.69) is 14.9 Å². The number of fused-ring (bicyclic) bond motifs is 1. The lowest BCUT2D eigenvalue weighted by molar-refractivity contribution is -0.139. The maximum Gasteiger partial charge on any atom is 0.239 e. The van der Waals surface area contributed by atoms with Gasteiger partial charge in [-0.2, -0.15) is 0 Å². The lowest BCUT2D eigenvalue weighted by Crippen LogP contribution is -2.57. The second-order valence-corrected chi connectivity index (χ2v) is 8.55. The van der Waals surface area contributed by atoms with Crippen molar-refractivity contribution in [1.82, 2.24) is 19.8 Å². The molecule has 0 spiro atoms. The van der Waals surface area contributed by atoms with Gasteiger partial charge in [-0.3, -0.25) is 4.79 Å². The molecule has 4 rings (SSSR count). The van der Waals surface area contributed by atoms with Gasteiger partial charge in [-0.15, -0.1) is 0 Å². The summed E-state index contributed by atoms with van der Waals surface area (Å²) in [5, 5.41) is 0.820. The Kier molecular flexibility index (Phi) is 5.93. The number of aromatic nitrogens is 2. The molecule has 0 saturated carbocycles. The first-order chi connectivity index (χ1) is 14.8. The maximum absolute atomic E-state index is 14.7. The molecule has 1 aliphatic heterocycles. The molecule has 0 aliphatic carbocycles. The minimum Gasteiger partial charge on any atom is -0.453 e. The first-order valence-electron chi connectivity index (χ1n) is 10.4. The highest BCUT2D eigenvalue weighted by Gasteiger charge is 2.33. The molecule has 1 fully saturated rings. The van der Waals surface area contributed by atoms with Crippen LogP contribution >= 0.6 is 0 Å². The molecular formula is C23H28FN5O2. The van der Waals surface area contributed by atoms with Gasteiger partial charge in [0.1, 0.15) is 11.4 Å². The Morgan fingerprint density at radius 2 is 2.13 bits per heavy atom. The monoisotopic (exact) mass is 425 g/mol. The van der Waals surface area contributed by atoms with Gasteiger partial charge >= 0.3 is 0 Å². The lowest BCUT2D eigenvalue weighted by Gasteiger charge is -2.41. The van der Waals surface area contributed by atoms with E-state index in [0.29, 0.717) is 22.9 Å². The first-order valence-corrected chi connectivity index (χ1v) is 10.4. The lowest BCUT2D eigenvalue weighted by atomic mass is 9.97. The van der Waals surface area contributed by atoms with Gasteiger partial charge in [0.25, 0.3) is 0 Å². The number of aryl methyl sites for hydroxylation is 1. The van der Waals surface area contributed by atoms with E-state index in [-0.39, 0.29) is 18.1 Å². The summed E-state index contributed by atoms with van der Waals surface area (Å²) in [6, 6.07) is 5.73. The van der Waals surface area contributed by atoms with Gasteiger partial charge < -0.3 is 25.3 Å². The van der Waals surface area contributed by atoms with Crippen LogP contribution in [0.4, 0.5) is 4.39 Å². The Labute approximate surface area is 181 Å². The van der Waals surface area contributed by atoms with Crippen molar-refractivity contribution in [2.45, 2.75) is 19.4 Å². The second kappa shape index (κ2) is 8.64. The number of carbonyl (C=O) groups is 1. The summed E-state index contributed by atoms with van der Waals surface area (Å²) in [7, 11) is 4.05. The highest BCUT2D eigenvalue weighted by molar-refractivity contribution is 5.86. The van der Waals surface area contributed by atoms with Crippen LogP contribution in [0.25, 0.3) is 11.0 Å². The number of nitrogens with one attached hydrogen (secondary N) is 1. The summed E-state index contributed by atoms with van der Waals surface area (Å²) in [6.45, 7) is 4.35. The van der Waals surface area contributed by atoms with E-state index in [1.54, 1.807) is 29.3 Å². The molecule has 3 heterocycles. The van der Waals surface area contributed by atoms with Crippen LogP contribution in [0.5, 0.6) is 11.5 Å². The van der Waals surface area contributed by atoms with Crippen LogP contribution in [0.3, 0.4) is 0 Å². The number of hydrogen-bond acceptors (Lipinski definition) is 5. The van der Waals surface area contributed by atoms with E-state index in [1.165, 1.54) is 6.07 Å². The molecule has 2 aromatic heterocycles. The first kappa shape index (κ1) is 21.3. The second-order valence-electron chi connectivity index (χ2n) is 8.55. The minimum absolute atomic E-state index is 0.0853. The molecule has 164 valence electrons. The third-order valence-corrected chi connectivity index (χ3v) is 5.61. The van der Waals surface area contributed by atoms with Gasteiger partial charge in [0.05, 0.1) is 11.4 Å². The van der Waals surface area contributed by atoms with E-state index < -0.39 is 11.9 Å². The number of ether oxygens (including phenoxy) is 1. The minimum atomic E-state index is -0.686. The van der Waals surface area contributed by atoms with Gasteiger partial charge in [-0.1, -0.05) is 6.07 Å². The topological polar surface area (TPSA) is 87.5 Å². The van der Waals surface area contributed by atoms with Gasteiger partial charge in [0.15, 0.2) is 11.6 Å². The number of pyridine rings is 1. The number of halogens is 1. The molecule has 3 aromatic rings. The Morgan fingerprint density at radius 3 is 2.84 bits per heavy atom. The van der Waals surface area contributed by atoms with Gasteiger partial charge in [0, 0.05) is 37.9 Å². The largest absolute Gasteiger partial charge is 0.453 e. The number of hydrogen-bond donors (Lipinski definition) is 2. The number of likely N-dealkylation sites (tertiary alicyclic amines) is 1.